The lowest BCUT2D eigenvalue weighted by atomic mass is 9.72. The van der Waals surface area contributed by atoms with Crippen molar-refractivity contribution in [3.63, 3.8) is 0 Å². The first kappa shape index (κ1) is 85.6. The number of nitrogens with two attached hydrogens (primary N) is 1. The van der Waals surface area contributed by atoms with Gasteiger partial charge in [0.25, 0.3) is 0 Å². The van der Waals surface area contributed by atoms with Crippen molar-refractivity contribution in [2.24, 2.45) is 11.7 Å². The van der Waals surface area contributed by atoms with Crippen molar-refractivity contribution in [1.82, 2.24) is 39.7 Å². The lowest BCUT2D eigenvalue weighted by Gasteiger charge is -2.40. The topological polar surface area (TPSA) is 171 Å². The molecular weight excluding hydrogens is 1430 g/mol. The fourth-order valence-electron chi connectivity index (χ4n) is 15.9. The van der Waals surface area contributed by atoms with Crippen LogP contribution in [-0.4, -0.2) is 166 Å². The molecule has 1 amide bonds. The summed E-state index contributed by atoms with van der Waals surface area (Å²) in [4.78, 5) is 38.3. The summed E-state index contributed by atoms with van der Waals surface area (Å²) < 4.78 is 20.7. The fraction of sp³-hybridized carbons (Fsp3) is 0.430. The SMILES string of the molecule is CCN(CC)C(=O)[C@]1(c2ccccc2)C[C@@H]1CN.CCc1nn(CCCN2CCN(c3cccc(Cl)c3)CC2)c(=O)n1CCOc1ccccc1.CNCCCN1c2ccccc2CCc2ccccc21.CNCC[C@H](Oc1cccc2ccccc12)c1cccs1.COc1ccc(C(CN(C)C)C2(O)CCCCC2)cc1. The highest BCUT2D eigenvalue weighted by Gasteiger charge is 2.61. The average Bonchev–Trinajstić information content (AvgIpc) is 1.56. The number of aliphatic hydroxyl groups is 1. The lowest BCUT2D eigenvalue weighted by molar-refractivity contribution is -0.134. The maximum Gasteiger partial charge on any atom is 0.346 e. The van der Waals surface area contributed by atoms with Gasteiger partial charge in [-0.05, 0) is 212 Å². The van der Waals surface area contributed by atoms with Crippen molar-refractivity contribution >= 4 is 56.7 Å². The standard InChI is InChI=1S/C25H32ClN5O2.C18H22N2.C18H19NOS.C17H27NO2.C15H22N2O/c1-2-24-27-31(25(32)30(24)18-19-33-23-10-4-3-5-11-23)13-7-12-28-14-16-29(17-15-28)22-9-6-8-21(26)20-22;1-19-13-6-14-20-17-9-4-2-7-15(17)11-12-16-8-3-5-10-18(16)20;1-19-12-11-17(18-10-5-13-21-18)20-16-9-4-7-14-6-2-3-8-15(14)16;1-18(2)13-16(17(19)11-5-4-6-12-17)14-7-9-15(20-3)10-8-14;1-3-17(4-2)14(18)15(10-13(15)11-16)12-8-6-5-7-9-12/h3-6,8-11,20H,2,7,12-19H2,1H3;2-5,7-10,19H,6,11-14H2,1H3;2-10,13,17,19H,11-12H2,1H3;7-10,16,19H,4-6,11-13H2,1-3H3;5-9,13H,3-4,10-11,16H2,1-2H3/t;;17-;;13-,15+/m..0.1/s1. The number of aryl methyl sites for hydroxylation is 4. The number of para-hydroxylation sites is 3. The molecule has 0 spiro atoms. The number of rotatable bonds is 30. The van der Waals surface area contributed by atoms with Crippen molar-refractivity contribution in [2.45, 2.75) is 134 Å². The van der Waals surface area contributed by atoms with Gasteiger partial charge in [-0.15, -0.1) is 11.3 Å². The zero-order valence-corrected chi connectivity index (χ0v) is 69.1. The van der Waals surface area contributed by atoms with Crippen LogP contribution in [0.1, 0.15) is 124 Å². The first-order chi connectivity index (χ1) is 54.7. The number of piperazine rings is 1. The van der Waals surface area contributed by atoms with Crippen LogP contribution in [0.4, 0.5) is 17.1 Å². The van der Waals surface area contributed by atoms with Crippen LogP contribution in [0.2, 0.25) is 5.02 Å². The number of anilines is 3. The minimum absolute atomic E-state index is 0.0470. The molecule has 3 fully saturated rings. The van der Waals surface area contributed by atoms with Crippen LogP contribution < -0.4 is 46.1 Å². The highest BCUT2D eigenvalue weighted by molar-refractivity contribution is 7.10. The third-order valence-electron chi connectivity index (χ3n) is 22.2. The highest BCUT2D eigenvalue weighted by atomic mass is 35.5. The summed E-state index contributed by atoms with van der Waals surface area (Å²) in [5.74, 6) is 4.17. The first-order valence-electron chi connectivity index (χ1n) is 40.7. The Bertz CT molecular complexity index is 4400. The van der Waals surface area contributed by atoms with Crippen molar-refractivity contribution in [3.05, 3.63) is 266 Å². The molecule has 19 heteroatoms. The van der Waals surface area contributed by atoms with Crippen molar-refractivity contribution in [1.29, 1.82) is 0 Å². The molecule has 4 heterocycles. The number of methoxy groups -OCH3 is 1. The molecule has 10 aromatic rings. The summed E-state index contributed by atoms with van der Waals surface area (Å²) in [6.45, 7) is 18.7. The van der Waals surface area contributed by atoms with Crippen LogP contribution in [0.25, 0.3) is 10.8 Å². The Morgan fingerprint density at radius 1 is 0.696 bits per heavy atom. The van der Waals surface area contributed by atoms with Gasteiger partial charge in [0.2, 0.25) is 5.91 Å². The molecule has 14 rings (SSSR count). The van der Waals surface area contributed by atoms with E-state index >= 15 is 0 Å². The number of nitrogens with one attached hydrogen (secondary N) is 2. The van der Waals surface area contributed by atoms with Gasteiger partial charge in [0.1, 0.15) is 35.8 Å². The Labute approximate surface area is 675 Å². The Hall–Kier alpha value is -8.82. The maximum atomic E-state index is 12.9. The van der Waals surface area contributed by atoms with Gasteiger partial charge in [-0.3, -0.25) is 14.3 Å². The Morgan fingerprint density at radius 3 is 1.96 bits per heavy atom. The third-order valence-corrected chi connectivity index (χ3v) is 23.3. The van der Waals surface area contributed by atoms with Crippen LogP contribution >= 0.6 is 22.9 Å². The van der Waals surface area contributed by atoms with E-state index in [1.165, 1.54) is 55.8 Å². The smallest absolute Gasteiger partial charge is 0.346 e. The molecule has 2 aliphatic carbocycles. The second kappa shape index (κ2) is 44.0. The number of aromatic nitrogens is 3. The quantitative estimate of drug-likeness (QED) is 0.0314. The van der Waals surface area contributed by atoms with Crippen LogP contribution in [0, 0.1) is 5.92 Å². The molecule has 2 saturated carbocycles. The molecule has 4 atom stereocenters. The van der Waals surface area contributed by atoms with Crippen LogP contribution in [0.15, 0.2) is 222 Å². The molecule has 8 aromatic carbocycles. The monoisotopic (exact) mass is 1560 g/mol. The predicted octanol–water partition coefficient (Wildman–Crippen LogP) is 16.5. The number of thiophene rings is 1. The molecule has 0 bridgehead atoms. The van der Waals surface area contributed by atoms with Gasteiger partial charge in [-0.2, -0.15) is 5.10 Å². The first-order valence-corrected chi connectivity index (χ1v) is 42.0. The van der Waals surface area contributed by atoms with E-state index in [2.05, 4.69) is 188 Å². The van der Waals surface area contributed by atoms with E-state index < -0.39 is 5.60 Å². The average molecular weight is 1560 g/mol. The van der Waals surface area contributed by atoms with Crippen LogP contribution in [0.3, 0.4) is 0 Å². The van der Waals surface area contributed by atoms with E-state index in [0.29, 0.717) is 32.2 Å². The number of amides is 1. The number of benzene rings is 8. The number of nitrogens with zero attached hydrogens (tertiary/aromatic N) is 8. The van der Waals surface area contributed by atoms with Gasteiger partial charge >= 0.3 is 5.69 Å². The molecule has 1 saturated heterocycles. The number of likely N-dealkylation sites (N-methyl/N-ethyl adjacent to an activating group) is 2. The fourth-order valence-corrected chi connectivity index (χ4v) is 16.9. The van der Waals surface area contributed by atoms with E-state index in [9.17, 15) is 14.7 Å². The van der Waals surface area contributed by atoms with Gasteiger partial charge in [-0.25, -0.2) is 9.48 Å². The third kappa shape index (κ3) is 23.4. The number of carbonyl (C=O) groups is 1. The molecule has 5 N–H and O–H groups in total. The predicted molar refractivity (Wildman–Crippen MR) is 464 cm³/mol. The van der Waals surface area contributed by atoms with Crippen molar-refractivity contribution in [3.8, 4) is 17.2 Å². The number of hydrogen-bond acceptors (Lipinski definition) is 15. The van der Waals surface area contributed by atoms with E-state index in [-0.39, 0.29) is 29.0 Å². The molecule has 2 aromatic heterocycles. The highest BCUT2D eigenvalue weighted by Crippen LogP contribution is 2.55. The number of hydrogen-bond donors (Lipinski definition) is 4. The molecular formula is C93H122ClN11O6S. The summed E-state index contributed by atoms with van der Waals surface area (Å²) in [5, 5.41) is 27.4. The number of halogens is 1. The normalized spacial score (nSPS) is 16.7. The molecule has 112 heavy (non-hydrogen) atoms. The number of carbonyl (C=O) groups excluding carboxylic acids is 1. The van der Waals surface area contributed by atoms with Crippen LogP contribution in [0.5, 0.6) is 17.2 Å². The van der Waals surface area contributed by atoms with E-state index in [1.807, 2.05) is 119 Å². The van der Waals surface area contributed by atoms with Gasteiger partial charge < -0.3 is 55.3 Å². The van der Waals surface area contributed by atoms with E-state index in [1.54, 1.807) is 27.7 Å². The van der Waals surface area contributed by atoms with Gasteiger partial charge in [0.05, 0.1) is 24.7 Å². The van der Waals surface area contributed by atoms with Gasteiger partial charge in [-0.1, -0.05) is 183 Å². The Balaban J connectivity index is 0.000000152. The summed E-state index contributed by atoms with van der Waals surface area (Å²) in [7, 11) is 9.82. The molecule has 4 aliphatic rings. The van der Waals surface area contributed by atoms with Gasteiger partial charge in [0, 0.05) is 117 Å². The molecule has 2 aliphatic heterocycles. The molecule has 598 valence electrons. The Kier molecular flexibility index (Phi) is 33.6. The maximum absolute atomic E-state index is 12.9. The van der Waals surface area contributed by atoms with Crippen LogP contribution in [-0.2, 0) is 42.6 Å². The molecule has 1 unspecified atom stereocenters. The minimum Gasteiger partial charge on any atom is -0.497 e. The summed E-state index contributed by atoms with van der Waals surface area (Å²) in [6, 6.07) is 72.5. The van der Waals surface area contributed by atoms with E-state index in [0.717, 1.165) is 176 Å². The largest absolute Gasteiger partial charge is 0.497 e. The van der Waals surface area contributed by atoms with Gasteiger partial charge in [0.15, 0.2) is 0 Å². The summed E-state index contributed by atoms with van der Waals surface area (Å²) >= 11 is 7.89. The van der Waals surface area contributed by atoms with Crippen molar-refractivity contribution < 1.29 is 24.1 Å². The molecule has 17 nitrogen and oxygen atoms in total. The zero-order valence-electron chi connectivity index (χ0n) is 67.5. The lowest BCUT2D eigenvalue weighted by Crippen LogP contribution is -2.46. The Morgan fingerprint density at radius 2 is 1.34 bits per heavy atom. The number of ether oxygens (including phenoxy) is 3. The summed E-state index contributed by atoms with van der Waals surface area (Å²) in [5.41, 5.74) is 14.1. The zero-order chi connectivity index (χ0) is 79.1. The number of fused-ring (bicyclic) bond motifs is 3. The summed E-state index contributed by atoms with van der Waals surface area (Å²) in [6.07, 6.45) is 12.3. The second-order valence-corrected chi connectivity index (χ2v) is 31.2. The molecule has 0 radical (unpaired) electrons. The van der Waals surface area contributed by atoms with E-state index in [4.69, 9.17) is 31.5 Å². The van der Waals surface area contributed by atoms with Crippen molar-refractivity contribution in [2.75, 3.05) is 130 Å². The minimum atomic E-state index is -0.558. The second-order valence-electron chi connectivity index (χ2n) is 29.8.